The van der Waals surface area contributed by atoms with E-state index in [-0.39, 0.29) is 25.1 Å². The predicted octanol–water partition coefficient (Wildman–Crippen LogP) is 1.15. The lowest BCUT2D eigenvalue weighted by Crippen LogP contribution is -2.27. The first-order valence-electron chi connectivity index (χ1n) is 5.06. The maximum absolute atomic E-state index is 13.2. The molecule has 0 aliphatic heterocycles. The van der Waals surface area contributed by atoms with Gasteiger partial charge >= 0.3 is 0 Å². The number of hydrogen-bond acceptors (Lipinski definition) is 2. The third-order valence-electron chi connectivity index (χ3n) is 2.12. The molecule has 0 aliphatic carbocycles. The molecule has 2 N–H and O–H groups in total. The molecule has 1 aromatic carbocycles. The highest BCUT2D eigenvalue weighted by Crippen LogP contribution is 2.15. The van der Waals surface area contributed by atoms with Gasteiger partial charge in [0.05, 0.1) is 6.42 Å². The summed E-state index contributed by atoms with van der Waals surface area (Å²) in [5.74, 6) is -4.72. The highest BCUT2D eigenvalue weighted by molar-refractivity contribution is 5.78. The molecule has 0 saturated carbocycles. The molecule has 0 fully saturated rings. The van der Waals surface area contributed by atoms with Crippen molar-refractivity contribution in [3.05, 3.63) is 35.1 Å². The van der Waals surface area contributed by atoms with E-state index in [0.29, 0.717) is 6.42 Å². The van der Waals surface area contributed by atoms with E-state index in [1.54, 1.807) is 0 Å². The zero-order chi connectivity index (χ0) is 12.8. The van der Waals surface area contributed by atoms with Crippen LogP contribution in [0.1, 0.15) is 12.0 Å². The van der Waals surface area contributed by atoms with E-state index in [4.69, 9.17) is 5.11 Å². The second-order valence-electron chi connectivity index (χ2n) is 3.44. The maximum Gasteiger partial charge on any atom is 0.224 e. The van der Waals surface area contributed by atoms with E-state index >= 15 is 0 Å². The largest absolute Gasteiger partial charge is 0.396 e. The molecule has 6 heteroatoms. The van der Waals surface area contributed by atoms with Crippen LogP contribution in [0.25, 0.3) is 0 Å². The molecule has 0 atom stereocenters. The van der Waals surface area contributed by atoms with Crippen LogP contribution in [0.4, 0.5) is 13.2 Å². The second kappa shape index (κ2) is 6.24. The average molecular weight is 247 g/mol. The highest BCUT2D eigenvalue weighted by atomic mass is 19.2. The fourth-order valence-electron chi connectivity index (χ4n) is 1.24. The number of benzene rings is 1. The summed E-state index contributed by atoms with van der Waals surface area (Å²) in [6.45, 7) is 0.181. The van der Waals surface area contributed by atoms with Gasteiger partial charge in [0.25, 0.3) is 0 Å². The molecule has 0 unspecified atom stereocenters. The van der Waals surface area contributed by atoms with Crippen molar-refractivity contribution in [3.8, 4) is 0 Å². The van der Waals surface area contributed by atoms with Crippen LogP contribution in [0, 0.1) is 17.5 Å². The van der Waals surface area contributed by atoms with Crippen LogP contribution < -0.4 is 5.32 Å². The smallest absolute Gasteiger partial charge is 0.224 e. The zero-order valence-corrected chi connectivity index (χ0v) is 8.97. The van der Waals surface area contributed by atoms with E-state index in [2.05, 4.69) is 5.32 Å². The number of rotatable bonds is 5. The van der Waals surface area contributed by atoms with Gasteiger partial charge < -0.3 is 10.4 Å². The Bertz CT molecular complexity index is 410. The van der Waals surface area contributed by atoms with Gasteiger partial charge in [0.2, 0.25) is 5.91 Å². The van der Waals surface area contributed by atoms with Gasteiger partial charge in [-0.15, -0.1) is 0 Å². The van der Waals surface area contributed by atoms with E-state index in [1.807, 2.05) is 0 Å². The maximum atomic E-state index is 13.2. The summed E-state index contributed by atoms with van der Waals surface area (Å²) >= 11 is 0. The summed E-state index contributed by atoms with van der Waals surface area (Å²) in [5, 5.41) is 10.9. The van der Waals surface area contributed by atoms with Gasteiger partial charge in [0.1, 0.15) is 0 Å². The van der Waals surface area contributed by atoms with Crippen molar-refractivity contribution in [2.45, 2.75) is 12.8 Å². The van der Waals surface area contributed by atoms with E-state index in [1.165, 1.54) is 0 Å². The minimum absolute atomic E-state index is 0.0696. The van der Waals surface area contributed by atoms with Crippen molar-refractivity contribution in [2.24, 2.45) is 0 Å². The predicted molar refractivity (Wildman–Crippen MR) is 54.7 cm³/mol. The fourth-order valence-corrected chi connectivity index (χ4v) is 1.24. The van der Waals surface area contributed by atoms with Crippen molar-refractivity contribution < 1.29 is 23.1 Å². The molecule has 94 valence electrons. The molecule has 0 spiro atoms. The first-order chi connectivity index (χ1) is 8.06. The number of amides is 1. The molecule has 17 heavy (non-hydrogen) atoms. The van der Waals surface area contributed by atoms with Gasteiger partial charge in [-0.2, -0.15) is 0 Å². The van der Waals surface area contributed by atoms with Gasteiger partial charge in [0.15, 0.2) is 17.5 Å². The third kappa shape index (κ3) is 3.74. The Morgan fingerprint density at radius 1 is 1.24 bits per heavy atom. The van der Waals surface area contributed by atoms with Crippen LogP contribution in [0.15, 0.2) is 12.1 Å². The normalized spacial score (nSPS) is 10.4. The molecule has 0 radical (unpaired) electrons. The van der Waals surface area contributed by atoms with Crippen LogP contribution in [0.5, 0.6) is 0 Å². The van der Waals surface area contributed by atoms with Crippen molar-refractivity contribution >= 4 is 5.91 Å². The van der Waals surface area contributed by atoms with Gasteiger partial charge in [-0.05, 0) is 12.5 Å². The van der Waals surface area contributed by atoms with Crippen molar-refractivity contribution in [2.75, 3.05) is 13.2 Å². The summed E-state index contributed by atoms with van der Waals surface area (Å²) in [5.41, 5.74) is -0.203. The standard InChI is InChI=1S/C11H12F3NO2/c12-8-3-2-7(10(13)11(8)14)6-9(17)15-4-1-5-16/h2-3,16H,1,4-6H2,(H,15,17). The molecule has 0 aromatic heterocycles. The SMILES string of the molecule is O=C(Cc1ccc(F)c(F)c1F)NCCCO. The zero-order valence-electron chi connectivity index (χ0n) is 8.97. The first-order valence-corrected chi connectivity index (χ1v) is 5.06. The van der Waals surface area contributed by atoms with Gasteiger partial charge in [0, 0.05) is 18.7 Å². The molecular formula is C11H12F3NO2. The Morgan fingerprint density at radius 3 is 2.59 bits per heavy atom. The van der Waals surface area contributed by atoms with Gasteiger partial charge in [-0.1, -0.05) is 6.07 Å². The summed E-state index contributed by atoms with van der Waals surface area (Å²) in [4.78, 5) is 11.3. The molecule has 1 rings (SSSR count). The fraction of sp³-hybridized carbons (Fsp3) is 0.364. The number of aliphatic hydroxyl groups excluding tert-OH is 1. The quantitative estimate of drug-likeness (QED) is 0.605. The number of aliphatic hydroxyl groups is 1. The molecule has 0 heterocycles. The van der Waals surface area contributed by atoms with Crippen LogP contribution >= 0.6 is 0 Å². The monoisotopic (exact) mass is 247 g/mol. The molecule has 3 nitrogen and oxygen atoms in total. The Balaban J connectivity index is 2.63. The summed E-state index contributed by atoms with van der Waals surface area (Å²) in [6, 6.07) is 1.80. The number of halogens is 3. The Hall–Kier alpha value is -1.56. The van der Waals surface area contributed by atoms with Crippen molar-refractivity contribution in [3.63, 3.8) is 0 Å². The van der Waals surface area contributed by atoms with E-state index in [0.717, 1.165) is 12.1 Å². The third-order valence-corrected chi connectivity index (χ3v) is 2.12. The van der Waals surface area contributed by atoms with Gasteiger partial charge in [-0.25, -0.2) is 13.2 Å². The molecule has 0 bridgehead atoms. The highest BCUT2D eigenvalue weighted by Gasteiger charge is 2.15. The summed E-state index contributed by atoms with van der Waals surface area (Å²) < 4.78 is 38.6. The Labute approximate surface area is 96.3 Å². The molecule has 1 amide bonds. The molecule has 0 saturated heterocycles. The second-order valence-corrected chi connectivity index (χ2v) is 3.44. The van der Waals surface area contributed by atoms with Crippen LogP contribution in [0.3, 0.4) is 0 Å². The minimum Gasteiger partial charge on any atom is -0.396 e. The Kier molecular flexibility index (Phi) is 4.96. The van der Waals surface area contributed by atoms with E-state index < -0.39 is 23.4 Å². The molecule has 0 aliphatic rings. The van der Waals surface area contributed by atoms with E-state index in [9.17, 15) is 18.0 Å². The summed E-state index contributed by atoms with van der Waals surface area (Å²) in [6.07, 6.45) is 0.0143. The lowest BCUT2D eigenvalue weighted by Gasteiger charge is -2.06. The topological polar surface area (TPSA) is 49.3 Å². The molecule has 1 aromatic rings. The first kappa shape index (κ1) is 13.5. The van der Waals surface area contributed by atoms with Crippen molar-refractivity contribution in [1.82, 2.24) is 5.32 Å². The minimum atomic E-state index is -1.58. The van der Waals surface area contributed by atoms with Crippen LogP contribution in [-0.4, -0.2) is 24.2 Å². The van der Waals surface area contributed by atoms with Gasteiger partial charge in [-0.3, -0.25) is 4.79 Å². The number of carbonyl (C=O) groups excluding carboxylic acids is 1. The summed E-state index contributed by atoms with van der Waals surface area (Å²) in [7, 11) is 0. The lowest BCUT2D eigenvalue weighted by atomic mass is 10.1. The van der Waals surface area contributed by atoms with Crippen LogP contribution in [0.2, 0.25) is 0 Å². The number of hydrogen-bond donors (Lipinski definition) is 2. The molecular weight excluding hydrogens is 235 g/mol. The number of carbonyl (C=O) groups is 1. The average Bonchev–Trinajstić information content (AvgIpc) is 2.30. The van der Waals surface area contributed by atoms with Crippen LogP contribution in [-0.2, 0) is 11.2 Å². The van der Waals surface area contributed by atoms with Crippen molar-refractivity contribution in [1.29, 1.82) is 0 Å². The number of nitrogens with one attached hydrogen (secondary N) is 1. The Morgan fingerprint density at radius 2 is 1.94 bits per heavy atom. The lowest BCUT2D eigenvalue weighted by molar-refractivity contribution is -0.120.